The zero-order valence-corrected chi connectivity index (χ0v) is 18.0. The van der Waals surface area contributed by atoms with E-state index in [9.17, 15) is 36.3 Å². The van der Waals surface area contributed by atoms with Crippen LogP contribution in [0.1, 0.15) is 29.9 Å². The Balaban J connectivity index is 1.67. The van der Waals surface area contributed by atoms with Crippen LogP contribution in [-0.2, 0) is 14.3 Å². The van der Waals surface area contributed by atoms with Gasteiger partial charge in [0.25, 0.3) is 0 Å². The number of alkyl carbamates (subject to hydrolysis) is 1. The number of halogens is 5. The lowest BCUT2D eigenvalue weighted by molar-refractivity contribution is -0.160. The fourth-order valence-electron chi connectivity index (χ4n) is 3.90. The second kappa shape index (κ2) is 10.7. The van der Waals surface area contributed by atoms with Gasteiger partial charge < -0.3 is 20.5 Å². The molecule has 0 heterocycles. The second-order valence-corrected chi connectivity index (χ2v) is 7.87. The monoisotopic (exact) mass is 500 g/mol. The van der Waals surface area contributed by atoms with E-state index in [4.69, 9.17) is 9.84 Å². The van der Waals surface area contributed by atoms with Gasteiger partial charge in [-0.25, -0.2) is 18.4 Å². The predicted octanol–water partition coefficient (Wildman–Crippen LogP) is 4.07. The van der Waals surface area contributed by atoms with Gasteiger partial charge in [-0.2, -0.15) is 13.2 Å². The molecule has 188 valence electrons. The molecule has 12 heteroatoms. The molecule has 0 bridgehead atoms. The lowest BCUT2D eigenvalue weighted by Gasteiger charge is -2.22. The summed E-state index contributed by atoms with van der Waals surface area (Å²) in [4.78, 5) is 35.6. The molecule has 0 spiro atoms. The highest BCUT2D eigenvalue weighted by atomic mass is 19.4. The maximum absolute atomic E-state index is 13.0. The number of benzene rings is 2. The molecule has 0 saturated heterocycles. The van der Waals surface area contributed by atoms with E-state index >= 15 is 0 Å². The summed E-state index contributed by atoms with van der Waals surface area (Å²) in [6, 6.07) is 10.4. The fraction of sp³-hybridized carbons (Fsp3) is 0.348. The zero-order valence-electron chi connectivity index (χ0n) is 18.0. The molecule has 2 atom stereocenters. The number of amides is 2. The van der Waals surface area contributed by atoms with Crippen LogP contribution in [0.4, 0.5) is 26.7 Å². The number of carboxylic acid groups (broad SMARTS) is 1. The van der Waals surface area contributed by atoms with Crippen molar-refractivity contribution in [3.8, 4) is 11.1 Å². The third-order valence-corrected chi connectivity index (χ3v) is 5.42. The number of carbonyl (C=O) groups is 3. The van der Waals surface area contributed by atoms with E-state index in [0.29, 0.717) is 0 Å². The van der Waals surface area contributed by atoms with Crippen molar-refractivity contribution in [1.82, 2.24) is 10.6 Å². The summed E-state index contributed by atoms with van der Waals surface area (Å²) in [6.45, 7) is -0.200. The average Bonchev–Trinajstić information content (AvgIpc) is 3.09. The van der Waals surface area contributed by atoms with Crippen LogP contribution in [0.25, 0.3) is 11.1 Å². The minimum atomic E-state index is -4.94. The largest absolute Gasteiger partial charge is 0.480 e. The van der Waals surface area contributed by atoms with E-state index in [2.05, 4.69) is 0 Å². The molecule has 3 N–H and O–H groups in total. The van der Waals surface area contributed by atoms with Gasteiger partial charge in [0, 0.05) is 12.3 Å². The molecule has 2 aromatic carbocycles. The Hall–Kier alpha value is -3.70. The van der Waals surface area contributed by atoms with Crippen LogP contribution in [0.5, 0.6) is 0 Å². The maximum Gasteiger partial charge on any atom is 0.407 e. The fourth-order valence-corrected chi connectivity index (χ4v) is 3.90. The quantitative estimate of drug-likeness (QED) is 0.451. The van der Waals surface area contributed by atoms with Crippen LogP contribution in [0.15, 0.2) is 48.5 Å². The van der Waals surface area contributed by atoms with Gasteiger partial charge in [-0.3, -0.25) is 4.79 Å². The first kappa shape index (κ1) is 25.9. The van der Waals surface area contributed by atoms with Crippen molar-refractivity contribution in [2.24, 2.45) is 0 Å². The number of hydrogen-bond donors (Lipinski definition) is 3. The minimum Gasteiger partial charge on any atom is -0.480 e. The van der Waals surface area contributed by atoms with Crippen molar-refractivity contribution < 1.29 is 46.2 Å². The van der Waals surface area contributed by atoms with Crippen molar-refractivity contribution in [3.05, 3.63) is 59.7 Å². The first-order valence-electron chi connectivity index (χ1n) is 10.5. The molecule has 7 nitrogen and oxygen atoms in total. The summed E-state index contributed by atoms with van der Waals surface area (Å²) in [5, 5.41) is 12.4. The van der Waals surface area contributed by atoms with Crippen molar-refractivity contribution in [3.63, 3.8) is 0 Å². The SMILES string of the molecule is O=C(NC(CC(F)F)C(=O)NC(CC(F)(F)F)C(=O)O)OCC1c2ccccc2-c2ccccc21. The molecule has 2 unspecified atom stereocenters. The lowest BCUT2D eigenvalue weighted by Crippen LogP contribution is -2.53. The van der Waals surface area contributed by atoms with Gasteiger partial charge in [-0.15, -0.1) is 0 Å². The number of rotatable bonds is 9. The van der Waals surface area contributed by atoms with Crippen molar-refractivity contribution in [2.75, 3.05) is 6.61 Å². The zero-order chi connectivity index (χ0) is 25.8. The Labute approximate surface area is 196 Å². The van der Waals surface area contributed by atoms with Gasteiger partial charge in [-0.05, 0) is 22.3 Å². The van der Waals surface area contributed by atoms with Gasteiger partial charge in [0.2, 0.25) is 12.3 Å². The van der Waals surface area contributed by atoms with E-state index < -0.39 is 55.5 Å². The average molecular weight is 500 g/mol. The molecule has 1 aliphatic carbocycles. The third kappa shape index (κ3) is 6.67. The summed E-state index contributed by atoms with van der Waals surface area (Å²) in [5.41, 5.74) is 3.63. The predicted molar refractivity (Wildman–Crippen MR) is 113 cm³/mol. The van der Waals surface area contributed by atoms with Crippen LogP contribution >= 0.6 is 0 Å². The van der Waals surface area contributed by atoms with Gasteiger partial charge in [-0.1, -0.05) is 48.5 Å². The number of ether oxygens (including phenoxy) is 1. The van der Waals surface area contributed by atoms with Crippen LogP contribution in [0.2, 0.25) is 0 Å². The Kier molecular flexibility index (Phi) is 7.92. The second-order valence-electron chi connectivity index (χ2n) is 7.87. The molecular formula is C23H21F5N2O5. The molecule has 0 fully saturated rings. The van der Waals surface area contributed by atoms with Crippen LogP contribution < -0.4 is 10.6 Å². The van der Waals surface area contributed by atoms with E-state index in [-0.39, 0.29) is 12.5 Å². The van der Waals surface area contributed by atoms with Crippen molar-refractivity contribution >= 4 is 18.0 Å². The minimum absolute atomic E-state index is 0.200. The summed E-state index contributed by atoms with van der Waals surface area (Å²) < 4.78 is 68.8. The molecule has 3 rings (SSSR count). The first-order chi connectivity index (χ1) is 16.5. The van der Waals surface area contributed by atoms with Crippen molar-refractivity contribution in [2.45, 2.75) is 43.4 Å². The number of aliphatic carboxylic acids is 1. The summed E-state index contributed by atoms with van der Waals surface area (Å²) >= 11 is 0. The number of nitrogens with one attached hydrogen (secondary N) is 2. The molecule has 2 amide bonds. The number of hydrogen-bond acceptors (Lipinski definition) is 4. The molecular weight excluding hydrogens is 479 g/mol. The van der Waals surface area contributed by atoms with E-state index in [0.717, 1.165) is 22.3 Å². The lowest BCUT2D eigenvalue weighted by atomic mass is 9.98. The van der Waals surface area contributed by atoms with E-state index in [1.807, 2.05) is 41.7 Å². The van der Waals surface area contributed by atoms with Gasteiger partial charge in [0.1, 0.15) is 18.7 Å². The van der Waals surface area contributed by atoms with Crippen LogP contribution in [0, 0.1) is 0 Å². The highest BCUT2D eigenvalue weighted by molar-refractivity contribution is 5.89. The molecule has 0 aromatic heterocycles. The number of carboxylic acids is 1. The normalized spacial score (nSPS) is 14.6. The Bertz CT molecular complexity index is 1050. The van der Waals surface area contributed by atoms with E-state index in [1.54, 1.807) is 17.4 Å². The standard InChI is InChI=1S/C23H21F5N2O5/c24-19(25)9-17(20(31)29-18(21(32)33)10-23(26,27)28)30-22(34)35-11-16-14-7-3-1-5-12(14)13-6-2-4-8-15(13)16/h1-8,16-19H,9-11H2,(H,29,31)(H,30,34)(H,32,33). The Morgan fingerprint density at radius 3 is 1.94 bits per heavy atom. The smallest absolute Gasteiger partial charge is 0.407 e. The molecule has 2 aromatic rings. The molecule has 0 saturated carbocycles. The first-order valence-corrected chi connectivity index (χ1v) is 10.5. The van der Waals surface area contributed by atoms with Crippen LogP contribution in [-0.4, -0.2) is 54.4 Å². The summed E-state index contributed by atoms with van der Waals surface area (Å²) in [7, 11) is 0. The highest BCUT2D eigenvalue weighted by Gasteiger charge is 2.38. The number of carbonyl (C=O) groups excluding carboxylic acids is 2. The van der Waals surface area contributed by atoms with Gasteiger partial charge in [0.15, 0.2) is 0 Å². The molecule has 1 aliphatic rings. The molecule has 0 aliphatic heterocycles. The molecule has 0 radical (unpaired) electrons. The maximum atomic E-state index is 13.0. The highest BCUT2D eigenvalue weighted by Crippen LogP contribution is 2.44. The Morgan fingerprint density at radius 2 is 1.46 bits per heavy atom. The van der Waals surface area contributed by atoms with E-state index in [1.165, 1.54) is 0 Å². The molecule has 35 heavy (non-hydrogen) atoms. The van der Waals surface area contributed by atoms with Gasteiger partial charge >= 0.3 is 18.2 Å². The summed E-state index contributed by atoms with van der Waals surface area (Å²) in [6.07, 6.45) is -12.5. The topological polar surface area (TPSA) is 105 Å². The Morgan fingerprint density at radius 1 is 0.914 bits per heavy atom. The number of fused-ring (bicyclic) bond motifs is 3. The summed E-state index contributed by atoms with van der Waals surface area (Å²) in [5.74, 6) is -3.87. The number of alkyl halides is 5. The van der Waals surface area contributed by atoms with Gasteiger partial charge in [0.05, 0.1) is 6.42 Å². The van der Waals surface area contributed by atoms with Crippen molar-refractivity contribution in [1.29, 1.82) is 0 Å². The third-order valence-electron chi connectivity index (χ3n) is 5.42. The van der Waals surface area contributed by atoms with Crippen LogP contribution in [0.3, 0.4) is 0 Å².